The molecule has 28 heavy (non-hydrogen) atoms. The van der Waals surface area contributed by atoms with Crippen molar-refractivity contribution in [2.75, 3.05) is 5.32 Å². The van der Waals surface area contributed by atoms with Crippen LogP contribution in [-0.2, 0) is 5.41 Å². The van der Waals surface area contributed by atoms with Crippen molar-refractivity contribution in [1.29, 1.82) is 0 Å². The summed E-state index contributed by atoms with van der Waals surface area (Å²) in [4.78, 5) is 0. The van der Waals surface area contributed by atoms with Crippen LogP contribution in [0.5, 0.6) is 0 Å². The molecule has 1 spiro atoms. The number of fused-ring (bicyclic) bond motifs is 9. The lowest BCUT2D eigenvalue weighted by Gasteiger charge is -2.40. The molecular weight excluding hydrogens is 352 g/mol. The molecule has 0 saturated heterocycles. The summed E-state index contributed by atoms with van der Waals surface area (Å²) in [5.41, 5.74) is 7.06. The van der Waals surface area contributed by atoms with Crippen LogP contribution in [0.3, 0.4) is 0 Å². The Kier molecular flexibility index (Phi) is 2.95. The van der Waals surface area contributed by atoms with E-state index >= 15 is 0 Å². The molecule has 0 radical (unpaired) electrons. The molecule has 0 bridgehead atoms. The van der Waals surface area contributed by atoms with E-state index in [2.05, 4.69) is 35.6 Å². The highest BCUT2D eigenvalue weighted by Crippen LogP contribution is 2.60. The first-order chi connectivity index (χ1) is 13.7. The van der Waals surface area contributed by atoms with Gasteiger partial charge in [-0.25, -0.2) is 8.78 Å². The average molecular weight is 367 g/mol. The Hall–Kier alpha value is -3.46. The van der Waals surface area contributed by atoms with E-state index < -0.39 is 17.0 Å². The van der Waals surface area contributed by atoms with Gasteiger partial charge in [-0.2, -0.15) is 0 Å². The van der Waals surface area contributed by atoms with Gasteiger partial charge < -0.3 is 5.32 Å². The van der Waals surface area contributed by atoms with Crippen LogP contribution in [0.4, 0.5) is 20.2 Å². The summed E-state index contributed by atoms with van der Waals surface area (Å²) in [6.07, 6.45) is 0. The maximum atomic E-state index is 14.5. The Balaban J connectivity index is 1.86. The number of anilines is 2. The first-order valence-electron chi connectivity index (χ1n) is 9.26. The highest BCUT2D eigenvalue weighted by Gasteiger charge is 2.50. The van der Waals surface area contributed by atoms with Crippen molar-refractivity contribution in [2.24, 2.45) is 0 Å². The van der Waals surface area contributed by atoms with E-state index in [0.29, 0.717) is 5.69 Å². The van der Waals surface area contributed by atoms with Gasteiger partial charge in [0.25, 0.3) is 0 Å². The molecule has 1 heterocycles. The zero-order chi connectivity index (χ0) is 18.9. The van der Waals surface area contributed by atoms with E-state index in [1.165, 1.54) is 12.1 Å². The van der Waals surface area contributed by atoms with Crippen LogP contribution in [0.2, 0.25) is 0 Å². The highest BCUT2D eigenvalue weighted by molar-refractivity contribution is 5.92. The lowest BCUT2D eigenvalue weighted by Crippen LogP contribution is -2.33. The van der Waals surface area contributed by atoms with Gasteiger partial charge in [0.05, 0.1) is 5.41 Å². The molecule has 4 aromatic carbocycles. The quantitative estimate of drug-likeness (QED) is 0.328. The van der Waals surface area contributed by atoms with Gasteiger partial charge in [0.1, 0.15) is 0 Å². The van der Waals surface area contributed by atoms with Crippen LogP contribution < -0.4 is 5.32 Å². The molecule has 1 aliphatic carbocycles. The van der Waals surface area contributed by atoms with Crippen LogP contribution in [0.15, 0.2) is 84.9 Å². The van der Waals surface area contributed by atoms with E-state index in [1.807, 2.05) is 42.5 Å². The summed E-state index contributed by atoms with van der Waals surface area (Å²) < 4.78 is 28.6. The molecule has 6 rings (SSSR count). The number of halogens is 2. The summed E-state index contributed by atoms with van der Waals surface area (Å²) in [5.74, 6) is -1.68. The van der Waals surface area contributed by atoms with Crippen LogP contribution in [0, 0.1) is 11.6 Å². The minimum Gasteiger partial charge on any atom is -0.355 e. The number of para-hydroxylation sites is 1. The Labute approximate surface area is 161 Å². The third kappa shape index (κ3) is 1.74. The van der Waals surface area contributed by atoms with Crippen molar-refractivity contribution in [3.8, 4) is 11.1 Å². The van der Waals surface area contributed by atoms with Crippen LogP contribution in [0.1, 0.15) is 22.3 Å². The molecule has 0 amide bonds. The minimum atomic E-state index is -0.847. The second-order valence-electron chi connectivity index (χ2n) is 7.32. The van der Waals surface area contributed by atoms with Crippen molar-refractivity contribution >= 4 is 11.4 Å². The second kappa shape index (κ2) is 5.29. The lowest BCUT2D eigenvalue weighted by molar-refractivity contribution is 0.505. The highest BCUT2D eigenvalue weighted by atomic mass is 19.2. The molecule has 0 saturated carbocycles. The maximum Gasteiger partial charge on any atom is 0.160 e. The van der Waals surface area contributed by atoms with Crippen molar-refractivity contribution in [3.63, 3.8) is 0 Å². The Morgan fingerprint density at radius 2 is 1.07 bits per heavy atom. The molecule has 1 N–H and O–H groups in total. The van der Waals surface area contributed by atoms with E-state index in [4.69, 9.17) is 0 Å². The molecule has 3 heteroatoms. The van der Waals surface area contributed by atoms with E-state index in [9.17, 15) is 8.78 Å². The summed E-state index contributed by atoms with van der Waals surface area (Å²) in [5, 5.41) is 3.31. The van der Waals surface area contributed by atoms with Gasteiger partial charge in [-0.05, 0) is 45.5 Å². The number of benzene rings is 4. The van der Waals surface area contributed by atoms with Crippen LogP contribution in [0.25, 0.3) is 11.1 Å². The Bertz CT molecular complexity index is 1230. The predicted molar refractivity (Wildman–Crippen MR) is 107 cm³/mol. The summed E-state index contributed by atoms with van der Waals surface area (Å²) in [7, 11) is 0. The molecule has 2 aliphatic rings. The summed E-state index contributed by atoms with van der Waals surface area (Å²) >= 11 is 0. The normalized spacial score (nSPS) is 14.6. The first-order valence-corrected chi connectivity index (χ1v) is 9.26. The second-order valence-corrected chi connectivity index (χ2v) is 7.32. The zero-order valence-corrected chi connectivity index (χ0v) is 14.8. The molecule has 0 atom stereocenters. The Morgan fingerprint density at radius 1 is 0.536 bits per heavy atom. The minimum absolute atomic E-state index is 0.601. The molecule has 4 aromatic rings. The van der Waals surface area contributed by atoms with E-state index in [1.54, 1.807) is 0 Å². The summed E-state index contributed by atoms with van der Waals surface area (Å²) in [6, 6.07) is 27.1. The lowest BCUT2D eigenvalue weighted by atomic mass is 9.65. The monoisotopic (exact) mass is 367 g/mol. The Morgan fingerprint density at radius 3 is 1.75 bits per heavy atom. The van der Waals surface area contributed by atoms with Gasteiger partial charge in [0.15, 0.2) is 11.6 Å². The van der Waals surface area contributed by atoms with Crippen molar-refractivity contribution in [3.05, 3.63) is 119 Å². The van der Waals surface area contributed by atoms with Gasteiger partial charge in [0, 0.05) is 17.4 Å². The number of nitrogens with one attached hydrogen (secondary N) is 1. The SMILES string of the molecule is Fc1cc2c(cc1F)C1(c3ccccc3N2)c2ccccc2-c2ccccc21. The van der Waals surface area contributed by atoms with Crippen molar-refractivity contribution < 1.29 is 8.78 Å². The fraction of sp³-hybridized carbons (Fsp3) is 0.0400. The largest absolute Gasteiger partial charge is 0.355 e. The molecule has 134 valence electrons. The van der Waals surface area contributed by atoms with Gasteiger partial charge >= 0.3 is 0 Å². The third-order valence-corrected chi connectivity index (χ3v) is 6.02. The van der Waals surface area contributed by atoms with E-state index in [-0.39, 0.29) is 0 Å². The van der Waals surface area contributed by atoms with Gasteiger partial charge in [-0.1, -0.05) is 66.7 Å². The van der Waals surface area contributed by atoms with Gasteiger partial charge in [-0.3, -0.25) is 0 Å². The number of rotatable bonds is 0. The fourth-order valence-electron chi connectivity index (χ4n) is 4.99. The van der Waals surface area contributed by atoms with Gasteiger partial charge in [0.2, 0.25) is 0 Å². The standard InChI is InChI=1S/C25H15F2N/c26-21-13-20-24(14-22(21)27)28-23-12-6-5-11-19(23)25(20)17-9-3-1-7-15(17)16-8-2-4-10-18(16)25/h1-14,28H. The fourth-order valence-corrected chi connectivity index (χ4v) is 4.99. The molecule has 0 unspecified atom stereocenters. The van der Waals surface area contributed by atoms with Crippen LogP contribution in [-0.4, -0.2) is 0 Å². The topological polar surface area (TPSA) is 12.0 Å². The predicted octanol–water partition coefficient (Wildman–Crippen LogP) is 6.38. The first kappa shape index (κ1) is 15.6. The third-order valence-electron chi connectivity index (χ3n) is 6.02. The summed E-state index contributed by atoms with van der Waals surface area (Å²) in [6.45, 7) is 0. The average Bonchev–Trinajstić information content (AvgIpc) is 3.02. The maximum absolute atomic E-state index is 14.5. The van der Waals surface area contributed by atoms with Gasteiger partial charge in [-0.15, -0.1) is 0 Å². The molecule has 1 nitrogen and oxygen atoms in total. The van der Waals surface area contributed by atoms with Crippen molar-refractivity contribution in [2.45, 2.75) is 5.41 Å². The molecule has 0 fully saturated rings. The molecule has 1 aliphatic heterocycles. The number of hydrogen-bond donors (Lipinski definition) is 1. The van der Waals surface area contributed by atoms with Crippen LogP contribution >= 0.6 is 0 Å². The number of hydrogen-bond acceptors (Lipinski definition) is 1. The zero-order valence-electron chi connectivity index (χ0n) is 14.8. The van der Waals surface area contributed by atoms with E-state index in [0.717, 1.165) is 39.1 Å². The molecule has 0 aromatic heterocycles. The smallest absolute Gasteiger partial charge is 0.160 e. The van der Waals surface area contributed by atoms with Crippen molar-refractivity contribution in [1.82, 2.24) is 0 Å². The molecular formula is C25H15F2N.